The predicted molar refractivity (Wildman–Crippen MR) is 87.9 cm³/mol. The van der Waals surface area contributed by atoms with Crippen molar-refractivity contribution in [2.24, 2.45) is 0 Å². The number of nitrogens with one attached hydrogen (secondary N) is 1. The van der Waals surface area contributed by atoms with Crippen molar-refractivity contribution in [3.8, 4) is 0 Å². The summed E-state index contributed by atoms with van der Waals surface area (Å²) in [6, 6.07) is 15.3. The van der Waals surface area contributed by atoms with E-state index >= 15 is 0 Å². The molecule has 1 spiro atoms. The Morgan fingerprint density at radius 3 is 2.77 bits per heavy atom. The van der Waals surface area contributed by atoms with E-state index in [0.29, 0.717) is 5.75 Å². The molecule has 4 rings (SSSR count). The molecule has 1 unspecified atom stereocenters. The van der Waals surface area contributed by atoms with E-state index in [2.05, 4.69) is 5.32 Å². The highest BCUT2D eigenvalue weighted by Crippen LogP contribution is 2.53. The van der Waals surface area contributed by atoms with E-state index in [0.717, 1.165) is 22.5 Å². The first-order chi connectivity index (χ1) is 10.6. The standard InChI is InChI=1S/C17H14N2O2S/c1-11-5-4-6-12(9-11)19-15(20)10-22-17(19)13-7-2-3-8-14(13)18-16(17)21/h2-9H,10H2,1H3,(H,18,21). The fourth-order valence-electron chi connectivity index (χ4n) is 3.15. The van der Waals surface area contributed by atoms with E-state index < -0.39 is 4.87 Å². The van der Waals surface area contributed by atoms with Gasteiger partial charge in [0.2, 0.25) is 10.8 Å². The Labute approximate surface area is 132 Å². The first kappa shape index (κ1) is 13.4. The summed E-state index contributed by atoms with van der Waals surface area (Å²) in [6.45, 7) is 1.98. The predicted octanol–water partition coefficient (Wildman–Crippen LogP) is 2.88. The fraction of sp³-hybridized carbons (Fsp3) is 0.176. The van der Waals surface area contributed by atoms with Crippen LogP contribution < -0.4 is 10.2 Å². The summed E-state index contributed by atoms with van der Waals surface area (Å²) >= 11 is 1.38. The lowest BCUT2D eigenvalue weighted by molar-refractivity contribution is -0.122. The monoisotopic (exact) mass is 310 g/mol. The Morgan fingerprint density at radius 2 is 1.95 bits per heavy atom. The van der Waals surface area contributed by atoms with Gasteiger partial charge < -0.3 is 5.32 Å². The quantitative estimate of drug-likeness (QED) is 0.881. The number of hydrogen-bond acceptors (Lipinski definition) is 3. The van der Waals surface area contributed by atoms with Crippen LogP contribution in [-0.2, 0) is 14.5 Å². The minimum absolute atomic E-state index is 0.0394. The number of benzene rings is 2. The number of amides is 2. The normalized spacial score (nSPS) is 23.0. The summed E-state index contributed by atoms with van der Waals surface area (Å²) in [6.07, 6.45) is 0. The van der Waals surface area contributed by atoms with Gasteiger partial charge in [-0.25, -0.2) is 0 Å². The molecule has 2 aliphatic rings. The van der Waals surface area contributed by atoms with E-state index in [4.69, 9.17) is 0 Å². The minimum atomic E-state index is -0.985. The molecule has 1 fully saturated rings. The Hall–Kier alpha value is -2.27. The van der Waals surface area contributed by atoms with Gasteiger partial charge in [0, 0.05) is 16.9 Å². The van der Waals surface area contributed by atoms with Gasteiger partial charge in [0.1, 0.15) is 0 Å². The van der Waals surface area contributed by atoms with Gasteiger partial charge in [-0.3, -0.25) is 14.5 Å². The van der Waals surface area contributed by atoms with Crippen LogP contribution >= 0.6 is 11.8 Å². The second-order valence-corrected chi connectivity index (χ2v) is 6.67. The largest absolute Gasteiger partial charge is 0.323 e. The van der Waals surface area contributed by atoms with Crippen LogP contribution in [0.15, 0.2) is 48.5 Å². The van der Waals surface area contributed by atoms with Crippen LogP contribution in [0.25, 0.3) is 0 Å². The number of para-hydroxylation sites is 1. The number of carbonyl (C=O) groups is 2. The zero-order chi connectivity index (χ0) is 15.3. The highest BCUT2D eigenvalue weighted by atomic mass is 32.2. The van der Waals surface area contributed by atoms with Crippen molar-refractivity contribution < 1.29 is 9.59 Å². The lowest BCUT2D eigenvalue weighted by atomic mass is 10.0. The van der Waals surface area contributed by atoms with Gasteiger partial charge in [-0.2, -0.15) is 0 Å². The van der Waals surface area contributed by atoms with E-state index in [1.54, 1.807) is 4.90 Å². The summed E-state index contributed by atoms with van der Waals surface area (Å²) in [4.78, 5) is 25.9. The average Bonchev–Trinajstić information content (AvgIpc) is 2.99. The molecule has 1 saturated heterocycles. The zero-order valence-corrected chi connectivity index (χ0v) is 12.8. The highest BCUT2D eigenvalue weighted by Gasteiger charge is 2.58. The Balaban J connectivity index is 1.94. The van der Waals surface area contributed by atoms with Gasteiger partial charge in [0.15, 0.2) is 0 Å². The number of anilines is 2. The third-order valence-corrected chi connectivity index (χ3v) is 5.47. The van der Waals surface area contributed by atoms with Crippen LogP contribution in [0.3, 0.4) is 0 Å². The third kappa shape index (κ3) is 1.66. The summed E-state index contributed by atoms with van der Waals surface area (Å²) in [5, 5.41) is 2.91. The van der Waals surface area contributed by atoms with Crippen molar-refractivity contribution in [2.75, 3.05) is 16.0 Å². The van der Waals surface area contributed by atoms with Crippen molar-refractivity contribution in [3.63, 3.8) is 0 Å². The second kappa shape index (κ2) is 4.61. The molecule has 0 radical (unpaired) electrons. The van der Waals surface area contributed by atoms with E-state index in [-0.39, 0.29) is 11.8 Å². The van der Waals surface area contributed by atoms with Crippen LogP contribution in [0.4, 0.5) is 11.4 Å². The molecule has 2 heterocycles. The lowest BCUT2D eigenvalue weighted by Crippen LogP contribution is -2.47. The molecule has 22 heavy (non-hydrogen) atoms. The zero-order valence-electron chi connectivity index (χ0n) is 12.0. The maximum atomic E-state index is 12.7. The molecule has 0 aromatic heterocycles. The van der Waals surface area contributed by atoms with Crippen LogP contribution in [0, 0.1) is 6.92 Å². The van der Waals surface area contributed by atoms with Gasteiger partial charge in [-0.15, -0.1) is 11.8 Å². The molecule has 0 saturated carbocycles. The highest BCUT2D eigenvalue weighted by molar-refractivity contribution is 8.02. The molecule has 110 valence electrons. The number of carbonyl (C=O) groups excluding carboxylic acids is 2. The van der Waals surface area contributed by atoms with Gasteiger partial charge in [0.05, 0.1) is 5.75 Å². The van der Waals surface area contributed by atoms with Gasteiger partial charge in [-0.1, -0.05) is 30.3 Å². The summed E-state index contributed by atoms with van der Waals surface area (Å²) < 4.78 is 0. The number of aryl methyl sites for hydroxylation is 1. The summed E-state index contributed by atoms with van der Waals surface area (Å²) in [5.41, 5.74) is 3.47. The third-order valence-electron chi connectivity index (χ3n) is 4.08. The molecule has 2 aromatic rings. The van der Waals surface area contributed by atoms with Gasteiger partial charge in [0.25, 0.3) is 5.91 Å². The van der Waals surface area contributed by atoms with Gasteiger partial charge in [-0.05, 0) is 30.7 Å². The summed E-state index contributed by atoms with van der Waals surface area (Å²) in [5.74, 6) is 0.115. The van der Waals surface area contributed by atoms with E-state index in [9.17, 15) is 9.59 Å². The molecular formula is C17H14N2O2S. The topological polar surface area (TPSA) is 49.4 Å². The Kier molecular flexibility index (Phi) is 2.81. The molecule has 2 amide bonds. The number of hydrogen-bond donors (Lipinski definition) is 1. The maximum absolute atomic E-state index is 12.7. The minimum Gasteiger partial charge on any atom is -0.323 e. The maximum Gasteiger partial charge on any atom is 0.266 e. The molecular weight excluding hydrogens is 296 g/mol. The lowest BCUT2D eigenvalue weighted by Gasteiger charge is -2.32. The molecule has 0 bridgehead atoms. The first-order valence-electron chi connectivity index (χ1n) is 7.07. The first-order valence-corrected chi connectivity index (χ1v) is 8.06. The van der Waals surface area contributed by atoms with E-state index in [1.165, 1.54) is 11.8 Å². The molecule has 0 aliphatic carbocycles. The van der Waals surface area contributed by atoms with Crippen molar-refractivity contribution in [1.29, 1.82) is 0 Å². The number of fused-ring (bicyclic) bond motifs is 2. The Bertz CT molecular complexity index is 805. The fourth-order valence-corrected chi connectivity index (χ4v) is 4.46. The smallest absolute Gasteiger partial charge is 0.266 e. The van der Waals surface area contributed by atoms with Crippen LogP contribution in [0.2, 0.25) is 0 Å². The van der Waals surface area contributed by atoms with Crippen molar-refractivity contribution in [1.82, 2.24) is 0 Å². The van der Waals surface area contributed by atoms with E-state index in [1.807, 2.05) is 55.5 Å². The van der Waals surface area contributed by atoms with Crippen molar-refractivity contribution in [2.45, 2.75) is 11.8 Å². The van der Waals surface area contributed by atoms with Crippen molar-refractivity contribution >= 4 is 35.0 Å². The molecule has 2 aliphatic heterocycles. The Morgan fingerprint density at radius 1 is 1.14 bits per heavy atom. The van der Waals surface area contributed by atoms with Crippen LogP contribution in [0.1, 0.15) is 11.1 Å². The molecule has 5 heteroatoms. The van der Waals surface area contributed by atoms with Gasteiger partial charge >= 0.3 is 0 Å². The molecule has 1 atom stereocenters. The average molecular weight is 310 g/mol. The second-order valence-electron chi connectivity index (χ2n) is 5.50. The summed E-state index contributed by atoms with van der Waals surface area (Å²) in [7, 11) is 0. The number of nitrogens with zero attached hydrogens (tertiary/aromatic N) is 1. The molecule has 4 nitrogen and oxygen atoms in total. The van der Waals surface area contributed by atoms with Crippen LogP contribution in [-0.4, -0.2) is 17.6 Å². The van der Waals surface area contributed by atoms with Crippen LogP contribution in [0.5, 0.6) is 0 Å². The SMILES string of the molecule is Cc1cccc(N2C(=O)CSC23C(=O)Nc2ccccc23)c1. The van der Waals surface area contributed by atoms with Crippen molar-refractivity contribution in [3.05, 3.63) is 59.7 Å². The molecule has 2 aromatic carbocycles. The number of thioether (sulfide) groups is 1. The number of rotatable bonds is 1. The molecule has 1 N–H and O–H groups in total.